The van der Waals surface area contributed by atoms with Crippen LogP contribution in [-0.4, -0.2) is 5.11 Å². The Hall–Kier alpha value is -0.410. The number of hydrogen-bond acceptors (Lipinski definition) is 3. The minimum atomic E-state index is 0.257. The van der Waals surface area contributed by atoms with Gasteiger partial charge < -0.3 is 5.11 Å². The molecule has 0 aromatic heterocycles. The van der Waals surface area contributed by atoms with Gasteiger partial charge in [0.05, 0.1) is 3.57 Å². The predicted molar refractivity (Wildman–Crippen MR) is 52.3 cm³/mol. The van der Waals surface area contributed by atoms with Gasteiger partial charge in [0.1, 0.15) is 11.2 Å². The quantitative estimate of drug-likeness (QED) is 0.487. The smallest absolute Gasteiger partial charge is 0.138 e. The number of phenols is 1. The number of thioether (sulfide) groups is 1. The Balaban J connectivity index is 2.98. The van der Waals surface area contributed by atoms with Gasteiger partial charge in [0, 0.05) is 4.90 Å². The summed E-state index contributed by atoms with van der Waals surface area (Å²) in [6.07, 6.45) is 0. The Morgan fingerprint density at radius 2 is 2.27 bits per heavy atom. The molecule has 56 valence electrons. The van der Waals surface area contributed by atoms with Crippen molar-refractivity contribution in [3.05, 3.63) is 21.8 Å². The third kappa shape index (κ3) is 2.27. The van der Waals surface area contributed by atoms with Gasteiger partial charge in [-0.25, -0.2) is 0 Å². The molecule has 0 aliphatic carbocycles. The van der Waals surface area contributed by atoms with Gasteiger partial charge in [0.15, 0.2) is 0 Å². The van der Waals surface area contributed by atoms with Crippen molar-refractivity contribution in [2.45, 2.75) is 4.90 Å². The molecule has 0 fully saturated rings. The standard InChI is InChI=1S/C7H4INOS/c8-6-3-5(11-4-9)1-2-7(6)10/h1-3,10H. The van der Waals surface area contributed by atoms with E-state index in [9.17, 15) is 0 Å². The lowest BCUT2D eigenvalue weighted by molar-refractivity contribution is 0.471. The summed E-state index contributed by atoms with van der Waals surface area (Å²) in [4.78, 5) is 0.856. The molecule has 0 amide bonds. The molecule has 0 saturated heterocycles. The summed E-state index contributed by atoms with van der Waals surface area (Å²) in [6.45, 7) is 0. The molecular formula is C7H4INOS. The molecule has 0 aliphatic rings. The van der Waals surface area contributed by atoms with E-state index in [1.54, 1.807) is 18.2 Å². The van der Waals surface area contributed by atoms with E-state index >= 15 is 0 Å². The van der Waals surface area contributed by atoms with E-state index in [1.807, 2.05) is 28.0 Å². The van der Waals surface area contributed by atoms with E-state index < -0.39 is 0 Å². The highest BCUT2D eigenvalue weighted by atomic mass is 127. The molecule has 0 saturated carbocycles. The average molecular weight is 277 g/mol. The molecule has 0 heterocycles. The number of thiocyanates is 1. The van der Waals surface area contributed by atoms with E-state index in [0.29, 0.717) is 0 Å². The Kier molecular flexibility index (Phi) is 3.02. The van der Waals surface area contributed by atoms with Gasteiger partial charge in [-0.1, -0.05) is 0 Å². The summed E-state index contributed by atoms with van der Waals surface area (Å²) >= 11 is 3.10. The first-order valence-corrected chi connectivity index (χ1v) is 4.68. The second-order valence-corrected chi connectivity index (χ2v) is 3.83. The van der Waals surface area contributed by atoms with Crippen molar-refractivity contribution in [1.82, 2.24) is 0 Å². The number of phenolic OH excluding ortho intramolecular Hbond substituents is 1. The Morgan fingerprint density at radius 1 is 1.55 bits per heavy atom. The molecular weight excluding hydrogens is 273 g/mol. The van der Waals surface area contributed by atoms with Gasteiger partial charge in [-0.05, 0) is 52.6 Å². The molecule has 1 aromatic rings. The van der Waals surface area contributed by atoms with Crippen molar-refractivity contribution in [2.75, 3.05) is 0 Å². The number of halogens is 1. The van der Waals surface area contributed by atoms with Crippen LogP contribution in [0.1, 0.15) is 0 Å². The zero-order chi connectivity index (χ0) is 8.27. The van der Waals surface area contributed by atoms with E-state index in [1.165, 1.54) is 0 Å². The highest BCUT2D eigenvalue weighted by Gasteiger charge is 1.98. The van der Waals surface area contributed by atoms with Gasteiger partial charge in [-0.3, -0.25) is 0 Å². The number of hydrogen-bond donors (Lipinski definition) is 1. The predicted octanol–water partition coefficient (Wildman–Crippen LogP) is 2.57. The molecule has 11 heavy (non-hydrogen) atoms. The van der Waals surface area contributed by atoms with Gasteiger partial charge in [0.2, 0.25) is 0 Å². The van der Waals surface area contributed by atoms with Crippen molar-refractivity contribution in [2.24, 2.45) is 0 Å². The number of benzene rings is 1. The van der Waals surface area contributed by atoms with Crippen LogP contribution in [0.4, 0.5) is 0 Å². The van der Waals surface area contributed by atoms with Crippen LogP contribution in [0.3, 0.4) is 0 Å². The van der Waals surface area contributed by atoms with Crippen molar-refractivity contribution < 1.29 is 5.11 Å². The summed E-state index contributed by atoms with van der Waals surface area (Å²) in [6, 6.07) is 5.07. The van der Waals surface area contributed by atoms with Crippen LogP contribution in [0.25, 0.3) is 0 Å². The van der Waals surface area contributed by atoms with Crippen molar-refractivity contribution in [1.29, 1.82) is 5.26 Å². The maximum Gasteiger partial charge on any atom is 0.138 e. The fraction of sp³-hybridized carbons (Fsp3) is 0. The normalized spacial score (nSPS) is 9.09. The van der Waals surface area contributed by atoms with Gasteiger partial charge in [0.25, 0.3) is 0 Å². The average Bonchev–Trinajstić information content (AvgIpc) is 1.98. The van der Waals surface area contributed by atoms with Crippen LogP contribution in [0.2, 0.25) is 0 Å². The lowest BCUT2D eigenvalue weighted by atomic mass is 10.3. The summed E-state index contributed by atoms with van der Waals surface area (Å²) in [5.41, 5.74) is 0. The molecule has 1 aromatic carbocycles. The third-order valence-electron chi connectivity index (χ3n) is 1.08. The zero-order valence-corrected chi connectivity index (χ0v) is 8.39. The summed E-state index contributed by atoms with van der Waals surface area (Å²) in [7, 11) is 0. The van der Waals surface area contributed by atoms with Crippen LogP contribution in [0, 0.1) is 14.2 Å². The maximum atomic E-state index is 9.11. The highest BCUT2D eigenvalue weighted by molar-refractivity contribution is 14.1. The SMILES string of the molecule is N#CSc1ccc(O)c(I)c1. The van der Waals surface area contributed by atoms with Crippen molar-refractivity contribution in [3.63, 3.8) is 0 Å². The minimum Gasteiger partial charge on any atom is -0.507 e. The Bertz CT molecular complexity index is 308. The number of nitrogens with zero attached hydrogens (tertiary/aromatic N) is 1. The summed E-state index contributed by atoms with van der Waals surface area (Å²) in [5.74, 6) is 0.257. The van der Waals surface area contributed by atoms with Crippen LogP contribution < -0.4 is 0 Å². The first-order valence-electron chi connectivity index (χ1n) is 2.78. The molecule has 1 rings (SSSR count). The van der Waals surface area contributed by atoms with Crippen molar-refractivity contribution in [3.8, 4) is 11.2 Å². The zero-order valence-electron chi connectivity index (χ0n) is 5.41. The highest BCUT2D eigenvalue weighted by Crippen LogP contribution is 2.25. The molecule has 0 aliphatic heterocycles. The van der Waals surface area contributed by atoms with Crippen LogP contribution in [-0.2, 0) is 0 Å². The molecule has 0 radical (unpaired) electrons. The topological polar surface area (TPSA) is 44.0 Å². The molecule has 1 N–H and O–H groups in total. The molecule has 0 spiro atoms. The maximum absolute atomic E-state index is 9.11. The number of nitriles is 1. The van der Waals surface area contributed by atoms with E-state index in [-0.39, 0.29) is 5.75 Å². The van der Waals surface area contributed by atoms with Crippen LogP contribution in [0.5, 0.6) is 5.75 Å². The van der Waals surface area contributed by atoms with E-state index in [2.05, 4.69) is 0 Å². The van der Waals surface area contributed by atoms with Crippen molar-refractivity contribution >= 4 is 34.4 Å². The van der Waals surface area contributed by atoms with Crippen LogP contribution in [0.15, 0.2) is 23.1 Å². The first-order chi connectivity index (χ1) is 5.24. The van der Waals surface area contributed by atoms with E-state index in [4.69, 9.17) is 10.4 Å². The second kappa shape index (κ2) is 3.83. The Labute approximate surface area is 82.4 Å². The van der Waals surface area contributed by atoms with Crippen LogP contribution >= 0.6 is 34.4 Å². The molecule has 4 heteroatoms. The number of rotatable bonds is 1. The lowest BCUT2D eigenvalue weighted by Crippen LogP contribution is -1.74. The fourth-order valence-corrected chi connectivity index (χ4v) is 1.75. The second-order valence-electron chi connectivity index (χ2n) is 1.81. The number of aromatic hydroxyl groups is 1. The third-order valence-corrected chi connectivity index (χ3v) is 2.53. The summed E-state index contributed by atoms with van der Waals surface area (Å²) in [5, 5.41) is 19.4. The van der Waals surface area contributed by atoms with Gasteiger partial charge >= 0.3 is 0 Å². The monoisotopic (exact) mass is 277 g/mol. The minimum absolute atomic E-state index is 0.257. The van der Waals surface area contributed by atoms with Gasteiger partial charge in [-0.15, -0.1) is 0 Å². The Morgan fingerprint density at radius 3 is 2.82 bits per heavy atom. The first kappa shape index (κ1) is 8.68. The largest absolute Gasteiger partial charge is 0.507 e. The van der Waals surface area contributed by atoms with E-state index in [0.717, 1.165) is 20.2 Å². The molecule has 0 bridgehead atoms. The summed E-state index contributed by atoms with van der Waals surface area (Å²) < 4.78 is 0.767. The van der Waals surface area contributed by atoms with Gasteiger partial charge in [-0.2, -0.15) is 5.26 Å². The molecule has 0 unspecified atom stereocenters. The lowest BCUT2D eigenvalue weighted by Gasteiger charge is -1.96. The fourth-order valence-electron chi connectivity index (χ4n) is 0.604. The molecule has 2 nitrogen and oxygen atoms in total. The molecule has 0 atom stereocenters.